The number of hydrogen-bond donors (Lipinski definition) is 1. The number of allylic oxidation sites excluding steroid dienone is 1. The van der Waals surface area contributed by atoms with E-state index in [0.29, 0.717) is 18.7 Å². The van der Waals surface area contributed by atoms with E-state index in [4.69, 9.17) is 0 Å². The van der Waals surface area contributed by atoms with Crippen molar-refractivity contribution >= 4 is 5.91 Å². The van der Waals surface area contributed by atoms with E-state index in [9.17, 15) is 9.90 Å². The normalized spacial score (nSPS) is 13.8. The van der Waals surface area contributed by atoms with Gasteiger partial charge in [-0.25, -0.2) is 4.98 Å². The largest absolute Gasteiger partial charge is 0.508 e. The molecule has 0 spiro atoms. The lowest BCUT2D eigenvalue weighted by Crippen LogP contribution is -2.36. The Balaban J connectivity index is 1.58. The molecule has 126 valence electrons. The number of likely N-dealkylation sites (tertiary alicyclic amines) is 1. The van der Waals surface area contributed by atoms with Gasteiger partial charge in [0.1, 0.15) is 11.4 Å². The Morgan fingerprint density at radius 3 is 2.56 bits per heavy atom. The molecule has 1 aliphatic rings. The molecule has 0 atom stereocenters. The number of carbonyl (C=O) groups is 1. The molecule has 25 heavy (non-hydrogen) atoms. The molecule has 1 amide bonds. The Bertz CT molecular complexity index is 847. The lowest BCUT2D eigenvalue weighted by atomic mass is 10.0. The Hall–Kier alpha value is -3.06. The minimum Gasteiger partial charge on any atom is -0.508 e. The van der Waals surface area contributed by atoms with Gasteiger partial charge in [-0.2, -0.15) is 0 Å². The Kier molecular flexibility index (Phi) is 5.15. The zero-order valence-corrected chi connectivity index (χ0v) is 14.2. The maximum absolute atomic E-state index is 12.4. The van der Waals surface area contributed by atoms with Crippen LogP contribution in [0.15, 0.2) is 54.1 Å². The number of rotatable bonds is 1. The Morgan fingerprint density at radius 2 is 1.88 bits per heavy atom. The summed E-state index contributed by atoms with van der Waals surface area (Å²) in [6.45, 7) is 3.33. The molecule has 2 heterocycles. The molecule has 1 aromatic heterocycles. The van der Waals surface area contributed by atoms with Crippen molar-refractivity contribution in [2.45, 2.75) is 19.8 Å². The van der Waals surface area contributed by atoms with Crippen LogP contribution in [0.3, 0.4) is 0 Å². The third kappa shape index (κ3) is 4.48. The van der Waals surface area contributed by atoms with Crippen LogP contribution in [0.2, 0.25) is 0 Å². The van der Waals surface area contributed by atoms with E-state index in [1.165, 1.54) is 17.7 Å². The molecule has 4 heteroatoms. The van der Waals surface area contributed by atoms with Gasteiger partial charge >= 0.3 is 0 Å². The average molecular weight is 332 g/mol. The number of carbonyl (C=O) groups excluding carboxylic acids is 1. The van der Waals surface area contributed by atoms with E-state index in [2.05, 4.69) is 16.8 Å². The van der Waals surface area contributed by atoms with Crippen LogP contribution in [-0.2, 0) is 0 Å². The zero-order valence-electron chi connectivity index (χ0n) is 14.2. The van der Waals surface area contributed by atoms with Gasteiger partial charge in [0.25, 0.3) is 5.91 Å². The topological polar surface area (TPSA) is 53.4 Å². The van der Waals surface area contributed by atoms with Crippen LogP contribution in [0, 0.1) is 18.8 Å². The number of phenols is 1. The molecule has 0 aliphatic carbocycles. The molecule has 1 saturated heterocycles. The molecule has 0 radical (unpaired) electrons. The van der Waals surface area contributed by atoms with Crippen LogP contribution in [0.1, 0.15) is 34.6 Å². The van der Waals surface area contributed by atoms with Gasteiger partial charge in [0, 0.05) is 24.3 Å². The van der Waals surface area contributed by atoms with E-state index >= 15 is 0 Å². The monoisotopic (exact) mass is 332 g/mol. The lowest BCUT2D eigenvalue weighted by molar-refractivity contribution is 0.0743. The average Bonchev–Trinajstić information content (AvgIpc) is 2.62. The predicted octanol–water partition coefficient (Wildman–Crippen LogP) is 3.31. The van der Waals surface area contributed by atoms with E-state index in [0.717, 1.165) is 24.2 Å². The van der Waals surface area contributed by atoms with Crippen LogP contribution >= 0.6 is 0 Å². The first-order valence-corrected chi connectivity index (χ1v) is 8.33. The molecular weight excluding hydrogens is 312 g/mol. The van der Waals surface area contributed by atoms with E-state index < -0.39 is 0 Å². The first kappa shape index (κ1) is 16.8. The van der Waals surface area contributed by atoms with Gasteiger partial charge in [-0.15, -0.1) is 0 Å². The molecule has 0 bridgehead atoms. The fraction of sp³-hybridized carbons (Fsp3) is 0.238. The highest BCUT2D eigenvalue weighted by Crippen LogP contribution is 2.19. The molecule has 4 nitrogen and oxygen atoms in total. The second-order valence-electron chi connectivity index (χ2n) is 6.08. The third-order valence-electron chi connectivity index (χ3n) is 4.17. The molecule has 1 aliphatic heterocycles. The van der Waals surface area contributed by atoms with Crippen molar-refractivity contribution in [3.63, 3.8) is 0 Å². The number of nitrogens with zero attached hydrogens (tertiary/aromatic N) is 2. The van der Waals surface area contributed by atoms with Crippen molar-refractivity contribution in [1.82, 2.24) is 9.88 Å². The molecule has 0 unspecified atom stereocenters. The van der Waals surface area contributed by atoms with Crippen LogP contribution in [-0.4, -0.2) is 34.0 Å². The zero-order chi connectivity index (χ0) is 17.6. The van der Waals surface area contributed by atoms with Crippen molar-refractivity contribution < 1.29 is 9.90 Å². The fourth-order valence-corrected chi connectivity index (χ4v) is 2.75. The van der Waals surface area contributed by atoms with Gasteiger partial charge in [-0.05, 0) is 68.2 Å². The minimum atomic E-state index is 0.00842. The number of benzene rings is 1. The summed E-state index contributed by atoms with van der Waals surface area (Å²) in [4.78, 5) is 18.6. The molecule has 1 N–H and O–H groups in total. The first-order chi connectivity index (χ1) is 12.1. The first-order valence-electron chi connectivity index (χ1n) is 8.33. The minimum absolute atomic E-state index is 0.00842. The summed E-state index contributed by atoms with van der Waals surface area (Å²) < 4.78 is 0. The molecule has 2 aromatic rings. The molecular formula is C21H20N2O2. The molecule has 1 aromatic carbocycles. The highest BCUT2D eigenvalue weighted by Gasteiger charge is 2.19. The second kappa shape index (κ2) is 7.67. The second-order valence-corrected chi connectivity index (χ2v) is 6.08. The smallest absolute Gasteiger partial charge is 0.253 e. The highest BCUT2D eigenvalue weighted by atomic mass is 16.3. The molecule has 0 saturated carbocycles. The van der Waals surface area contributed by atoms with Crippen LogP contribution < -0.4 is 0 Å². The van der Waals surface area contributed by atoms with Gasteiger partial charge in [0.2, 0.25) is 0 Å². The van der Waals surface area contributed by atoms with Crippen molar-refractivity contribution in [2.24, 2.45) is 0 Å². The van der Waals surface area contributed by atoms with Gasteiger partial charge < -0.3 is 10.0 Å². The van der Waals surface area contributed by atoms with Crippen LogP contribution in [0.25, 0.3) is 0 Å². The predicted molar refractivity (Wildman–Crippen MR) is 97.2 cm³/mol. The third-order valence-corrected chi connectivity index (χ3v) is 4.17. The molecule has 3 rings (SSSR count). The summed E-state index contributed by atoms with van der Waals surface area (Å²) in [6.07, 6.45) is 3.62. The summed E-state index contributed by atoms with van der Waals surface area (Å²) in [6, 6.07) is 12.2. The SMILES string of the molecule is Cc1cccc(C#CC=C2CCN(C(=O)c3ccc(O)cc3)CC2)n1. The number of piperidine rings is 1. The summed E-state index contributed by atoms with van der Waals surface area (Å²) in [5.41, 5.74) is 3.60. The van der Waals surface area contributed by atoms with Crippen molar-refractivity contribution in [3.05, 3.63) is 71.1 Å². The van der Waals surface area contributed by atoms with Gasteiger partial charge in [-0.3, -0.25) is 4.79 Å². The molecule has 1 fully saturated rings. The van der Waals surface area contributed by atoms with E-state index in [1.807, 2.05) is 36.1 Å². The maximum Gasteiger partial charge on any atom is 0.253 e. The van der Waals surface area contributed by atoms with Crippen LogP contribution in [0.4, 0.5) is 0 Å². The Morgan fingerprint density at radius 1 is 1.16 bits per heavy atom. The number of aromatic hydroxyl groups is 1. The van der Waals surface area contributed by atoms with Crippen LogP contribution in [0.5, 0.6) is 5.75 Å². The summed E-state index contributed by atoms with van der Waals surface area (Å²) >= 11 is 0. The van der Waals surface area contributed by atoms with Gasteiger partial charge in [0.15, 0.2) is 0 Å². The fourth-order valence-electron chi connectivity index (χ4n) is 2.75. The standard InChI is InChI=1S/C21H20N2O2/c1-16-4-2-6-19(22-16)7-3-5-17-12-14-23(15-13-17)21(25)18-8-10-20(24)11-9-18/h2,4-6,8-11,24H,12-15H2,1H3. The highest BCUT2D eigenvalue weighted by molar-refractivity contribution is 5.94. The number of amides is 1. The summed E-state index contributed by atoms with van der Waals surface area (Å²) in [5, 5.41) is 9.31. The van der Waals surface area contributed by atoms with Gasteiger partial charge in [-0.1, -0.05) is 17.6 Å². The Labute approximate surface area is 147 Å². The van der Waals surface area contributed by atoms with Crippen molar-refractivity contribution in [2.75, 3.05) is 13.1 Å². The lowest BCUT2D eigenvalue weighted by Gasteiger charge is -2.28. The number of aryl methyl sites for hydroxylation is 1. The number of pyridine rings is 1. The van der Waals surface area contributed by atoms with Crippen molar-refractivity contribution in [1.29, 1.82) is 0 Å². The number of aromatic nitrogens is 1. The summed E-state index contributed by atoms with van der Waals surface area (Å²) in [7, 11) is 0. The number of phenolic OH excluding ortho intramolecular Hbond substituents is 1. The quantitative estimate of drug-likeness (QED) is 0.815. The van der Waals surface area contributed by atoms with E-state index in [-0.39, 0.29) is 11.7 Å². The maximum atomic E-state index is 12.4. The summed E-state index contributed by atoms with van der Waals surface area (Å²) in [5.74, 6) is 6.31. The number of hydrogen-bond acceptors (Lipinski definition) is 3. The van der Waals surface area contributed by atoms with Crippen molar-refractivity contribution in [3.8, 4) is 17.6 Å². The van der Waals surface area contributed by atoms with E-state index in [1.54, 1.807) is 12.1 Å². The van der Waals surface area contributed by atoms with Gasteiger partial charge in [0.05, 0.1) is 0 Å².